The van der Waals surface area contributed by atoms with E-state index in [0.717, 1.165) is 27.9 Å². The molecule has 0 saturated carbocycles. The fourth-order valence-electron chi connectivity index (χ4n) is 1.75. The van der Waals surface area contributed by atoms with Gasteiger partial charge in [0, 0.05) is 11.9 Å². The zero-order chi connectivity index (χ0) is 13.9. The number of hydrogen-bond donors (Lipinski definition) is 0. The van der Waals surface area contributed by atoms with Crippen LogP contribution in [0.25, 0.3) is 17.0 Å². The van der Waals surface area contributed by atoms with Crippen molar-refractivity contribution < 1.29 is 0 Å². The number of rotatable bonds is 4. The minimum absolute atomic E-state index is 0.603. The number of aromatic nitrogens is 5. The molecule has 3 rings (SSSR count). The molecule has 5 nitrogen and oxygen atoms in total. The van der Waals surface area contributed by atoms with Gasteiger partial charge < -0.3 is 0 Å². The molecule has 0 unspecified atom stereocenters. The molecule has 3 heterocycles. The van der Waals surface area contributed by atoms with Crippen molar-refractivity contribution in [1.29, 1.82) is 0 Å². The van der Waals surface area contributed by atoms with Crippen molar-refractivity contribution >= 4 is 17.4 Å². The van der Waals surface area contributed by atoms with E-state index in [9.17, 15) is 0 Å². The molecule has 20 heavy (non-hydrogen) atoms. The van der Waals surface area contributed by atoms with Gasteiger partial charge in [0.15, 0.2) is 5.65 Å². The molecule has 0 aliphatic carbocycles. The second-order valence-electron chi connectivity index (χ2n) is 4.89. The fourth-order valence-corrected chi connectivity index (χ4v) is 2.59. The van der Waals surface area contributed by atoms with Crippen LogP contribution in [0.3, 0.4) is 0 Å². The number of fused-ring (bicyclic) bond motifs is 1. The quantitative estimate of drug-likeness (QED) is 0.690. The van der Waals surface area contributed by atoms with Gasteiger partial charge in [0.1, 0.15) is 5.69 Å². The van der Waals surface area contributed by atoms with E-state index in [-0.39, 0.29) is 0 Å². The Morgan fingerprint density at radius 1 is 1.10 bits per heavy atom. The first-order valence-corrected chi connectivity index (χ1v) is 7.49. The van der Waals surface area contributed by atoms with Gasteiger partial charge in [0.05, 0.1) is 5.69 Å². The van der Waals surface area contributed by atoms with Crippen LogP contribution in [0.15, 0.2) is 41.7 Å². The molecule has 0 saturated heterocycles. The number of hydrogen-bond acceptors (Lipinski definition) is 5. The molecule has 0 aliphatic heterocycles. The zero-order valence-corrected chi connectivity index (χ0v) is 12.2. The van der Waals surface area contributed by atoms with E-state index >= 15 is 0 Å². The summed E-state index contributed by atoms with van der Waals surface area (Å²) in [6, 6.07) is 9.63. The maximum absolute atomic E-state index is 4.59. The van der Waals surface area contributed by atoms with Crippen LogP contribution in [0.2, 0.25) is 0 Å². The van der Waals surface area contributed by atoms with Crippen molar-refractivity contribution in [2.45, 2.75) is 19.0 Å². The maximum atomic E-state index is 4.59. The molecule has 3 aromatic rings. The molecule has 6 heteroatoms. The van der Waals surface area contributed by atoms with E-state index in [1.165, 1.54) is 0 Å². The topological polar surface area (TPSA) is 56.0 Å². The number of thioether (sulfide) groups is 1. The summed E-state index contributed by atoms with van der Waals surface area (Å²) >= 11 is 1.68. The minimum Gasteiger partial charge on any atom is -0.255 e. The van der Waals surface area contributed by atoms with Crippen molar-refractivity contribution in [3.63, 3.8) is 0 Å². The van der Waals surface area contributed by atoms with Crippen LogP contribution in [0.5, 0.6) is 0 Å². The molecule has 0 amide bonds. The molecular formula is C14H15N5S. The summed E-state index contributed by atoms with van der Waals surface area (Å²) < 4.78 is 1.79. The lowest BCUT2D eigenvalue weighted by atomic mass is 10.2. The van der Waals surface area contributed by atoms with Crippen molar-refractivity contribution in [2.75, 3.05) is 5.75 Å². The van der Waals surface area contributed by atoms with Crippen LogP contribution in [0.4, 0.5) is 0 Å². The average molecular weight is 285 g/mol. The Balaban J connectivity index is 1.99. The lowest BCUT2D eigenvalue weighted by Crippen LogP contribution is -1.99. The Hall–Kier alpha value is -1.95. The van der Waals surface area contributed by atoms with Gasteiger partial charge >= 0.3 is 0 Å². The second-order valence-corrected chi connectivity index (χ2v) is 5.88. The van der Waals surface area contributed by atoms with Crippen molar-refractivity contribution in [3.8, 4) is 11.4 Å². The van der Waals surface area contributed by atoms with Gasteiger partial charge in [-0.15, -0.1) is 10.2 Å². The van der Waals surface area contributed by atoms with Gasteiger partial charge in [-0.2, -0.15) is 9.61 Å². The molecular weight excluding hydrogens is 270 g/mol. The van der Waals surface area contributed by atoms with E-state index in [1.807, 2.05) is 30.3 Å². The van der Waals surface area contributed by atoms with Crippen LogP contribution in [0, 0.1) is 5.92 Å². The lowest BCUT2D eigenvalue weighted by molar-refractivity contribution is 0.742. The Morgan fingerprint density at radius 2 is 2.00 bits per heavy atom. The summed E-state index contributed by atoms with van der Waals surface area (Å²) in [7, 11) is 0. The van der Waals surface area contributed by atoms with E-state index in [0.29, 0.717) is 5.92 Å². The van der Waals surface area contributed by atoms with Crippen LogP contribution in [0.1, 0.15) is 13.8 Å². The third-order valence-corrected chi connectivity index (χ3v) is 4.05. The van der Waals surface area contributed by atoms with Crippen molar-refractivity contribution in [1.82, 2.24) is 24.8 Å². The predicted octanol–water partition coefficient (Wildman–Crippen LogP) is 2.93. The third kappa shape index (κ3) is 2.65. The molecule has 0 bridgehead atoms. The normalized spacial score (nSPS) is 11.3. The monoisotopic (exact) mass is 285 g/mol. The van der Waals surface area contributed by atoms with E-state index < -0.39 is 0 Å². The molecule has 0 spiro atoms. The van der Waals surface area contributed by atoms with Gasteiger partial charge in [-0.1, -0.05) is 31.7 Å². The Kier molecular flexibility index (Phi) is 3.64. The number of nitrogens with zero attached hydrogens (tertiary/aromatic N) is 5. The summed E-state index contributed by atoms with van der Waals surface area (Å²) in [4.78, 5) is 4.32. The molecule has 0 radical (unpaired) electrons. The van der Waals surface area contributed by atoms with E-state index in [4.69, 9.17) is 0 Å². The fraction of sp³-hybridized carbons (Fsp3) is 0.286. The molecule has 0 atom stereocenters. The Labute approximate surface area is 121 Å². The first-order valence-electron chi connectivity index (χ1n) is 6.50. The molecule has 102 valence electrons. The van der Waals surface area contributed by atoms with Crippen LogP contribution in [-0.2, 0) is 0 Å². The van der Waals surface area contributed by atoms with Crippen LogP contribution >= 0.6 is 11.8 Å². The SMILES string of the molecule is CC(C)CSc1nnc2ccc(-c3ccccn3)nn12. The van der Waals surface area contributed by atoms with Crippen molar-refractivity contribution in [2.24, 2.45) is 5.92 Å². The molecule has 0 N–H and O–H groups in total. The van der Waals surface area contributed by atoms with E-state index in [1.54, 1.807) is 22.5 Å². The van der Waals surface area contributed by atoms with Gasteiger partial charge in [-0.05, 0) is 30.2 Å². The maximum Gasteiger partial charge on any atom is 0.212 e. The van der Waals surface area contributed by atoms with Gasteiger partial charge in [-0.3, -0.25) is 4.98 Å². The highest BCUT2D eigenvalue weighted by Crippen LogP contribution is 2.20. The predicted molar refractivity (Wildman–Crippen MR) is 79.6 cm³/mol. The standard InChI is InChI=1S/C14H15N5S/c1-10(2)9-20-14-17-16-13-7-6-12(18-19(13)14)11-5-3-4-8-15-11/h3-8,10H,9H2,1-2H3. The van der Waals surface area contributed by atoms with Crippen LogP contribution < -0.4 is 0 Å². The largest absolute Gasteiger partial charge is 0.255 e. The lowest BCUT2D eigenvalue weighted by Gasteiger charge is -2.03. The Morgan fingerprint density at radius 3 is 2.75 bits per heavy atom. The summed E-state index contributed by atoms with van der Waals surface area (Å²) in [5.74, 6) is 1.60. The van der Waals surface area contributed by atoms with E-state index in [2.05, 4.69) is 34.1 Å². The Bertz CT molecular complexity index is 708. The second kappa shape index (κ2) is 5.58. The summed E-state index contributed by atoms with van der Waals surface area (Å²) in [6.45, 7) is 4.37. The highest BCUT2D eigenvalue weighted by atomic mass is 32.2. The van der Waals surface area contributed by atoms with Gasteiger partial charge in [0.2, 0.25) is 5.16 Å². The summed E-state index contributed by atoms with van der Waals surface area (Å²) in [5.41, 5.74) is 2.43. The highest BCUT2D eigenvalue weighted by molar-refractivity contribution is 7.99. The third-order valence-electron chi connectivity index (χ3n) is 2.71. The highest BCUT2D eigenvalue weighted by Gasteiger charge is 2.10. The molecule has 0 aromatic carbocycles. The van der Waals surface area contributed by atoms with Crippen LogP contribution in [-0.4, -0.2) is 30.5 Å². The smallest absolute Gasteiger partial charge is 0.212 e. The zero-order valence-electron chi connectivity index (χ0n) is 11.4. The molecule has 0 aliphatic rings. The summed E-state index contributed by atoms with van der Waals surface area (Å²) in [5, 5.41) is 13.8. The van der Waals surface area contributed by atoms with Gasteiger partial charge in [-0.25, -0.2) is 0 Å². The van der Waals surface area contributed by atoms with Gasteiger partial charge in [0.25, 0.3) is 0 Å². The summed E-state index contributed by atoms with van der Waals surface area (Å²) in [6.07, 6.45) is 1.77. The average Bonchev–Trinajstić information content (AvgIpc) is 2.88. The first-order chi connectivity index (χ1) is 9.74. The van der Waals surface area contributed by atoms with Crippen molar-refractivity contribution in [3.05, 3.63) is 36.5 Å². The minimum atomic E-state index is 0.603. The number of pyridine rings is 1. The first kappa shape index (κ1) is 13.1. The molecule has 0 fully saturated rings. The molecule has 3 aromatic heterocycles.